The number of rotatable bonds is 3. The van der Waals surface area contributed by atoms with Crippen molar-refractivity contribution >= 4 is 11.3 Å². The first-order valence-corrected chi connectivity index (χ1v) is 8.49. The summed E-state index contributed by atoms with van der Waals surface area (Å²) in [6, 6.07) is 2.88. The minimum absolute atomic E-state index is 0.296. The van der Waals surface area contributed by atoms with Crippen LogP contribution in [0.25, 0.3) is 10.6 Å². The van der Waals surface area contributed by atoms with Gasteiger partial charge in [0.15, 0.2) is 0 Å². The standard InChI is InChI=1S/C15H20N4OS/c1-11-4-7-21-15(11)12-8-19(17-16-12)14-10-20-9-13(14)18-5-2-3-6-18/h4,7-8,13-14H,2-3,5-6,9-10H2,1H3/t13-,14-/m0/s1. The fourth-order valence-corrected chi connectivity index (χ4v) is 4.26. The van der Waals surface area contributed by atoms with E-state index < -0.39 is 0 Å². The molecule has 0 amide bonds. The van der Waals surface area contributed by atoms with Gasteiger partial charge in [-0.05, 0) is 49.9 Å². The van der Waals surface area contributed by atoms with E-state index in [1.165, 1.54) is 36.4 Å². The van der Waals surface area contributed by atoms with E-state index in [4.69, 9.17) is 4.74 Å². The van der Waals surface area contributed by atoms with Crippen molar-refractivity contribution in [3.05, 3.63) is 23.2 Å². The summed E-state index contributed by atoms with van der Waals surface area (Å²) < 4.78 is 7.75. The Labute approximate surface area is 128 Å². The van der Waals surface area contributed by atoms with Gasteiger partial charge in [-0.2, -0.15) is 0 Å². The highest BCUT2D eigenvalue weighted by Crippen LogP contribution is 2.30. The molecule has 0 unspecified atom stereocenters. The van der Waals surface area contributed by atoms with Crippen LogP contribution in [0.15, 0.2) is 17.6 Å². The third-order valence-corrected chi connectivity index (χ3v) is 5.61. The molecule has 0 spiro atoms. The predicted octanol–water partition coefficient (Wildman–Crippen LogP) is 2.35. The van der Waals surface area contributed by atoms with Gasteiger partial charge >= 0.3 is 0 Å². The van der Waals surface area contributed by atoms with Gasteiger partial charge in [0.2, 0.25) is 0 Å². The highest BCUT2D eigenvalue weighted by Gasteiger charge is 2.36. The summed E-state index contributed by atoms with van der Waals surface area (Å²) in [5.74, 6) is 0. The smallest absolute Gasteiger partial charge is 0.123 e. The highest BCUT2D eigenvalue weighted by atomic mass is 32.1. The predicted molar refractivity (Wildman–Crippen MR) is 82.5 cm³/mol. The molecule has 2 fully saturated rings. The molecular weight excluding hydrogens is 284 g/mol. The summed E-state index contributed by atoms with van der Waals surface area (Å²) in [5.41, 5.74) is 2.25. The lowest BCUT2D eigenvalue weighted by Crippen LogP contribution is -2.39. The number of nitrogens with zero attached hydrogens (tertiary/aromatic N) is 4. The molecule has 2 aromatic heterocycles. The van der Waals surface area contributed by atoms with Crippen LogP contribution in [-0.2, 0) is 4.74 Å². The van der Waals surface area contributed by atoms with E-state index in [0.29, 0.717) is 12.1 Å². The molecule has 21 heavy (non-hydrogen) atoms. The monoisotopic (exact) mass is 304 g/mol. The molecule has 112 valence electrons. The van der Waals surface area contributed by atoms with E-state index >= 15 is 0 Å². The van der Waals surface area contributed by atoms with Gasteiger partial charge in [-0.3, -0.25) is 4.90 Å². The van der Waals surface area contributed by atoms with Crippen LogP contribution in [-0.4, -0.2) is 52.2 Å². The molecule has 2 aromatic rings. The highest BCUT2D eigenvalue weighted by molar-refractivity contribution is 7.13. The topological polar surface area (TPSA) is 43.2 Å². The Morgan fingerprint density at radius 2 is 2.05 bits per heavy atom. The average Bonchev–Trinajstić information content (AvgIpc) is 3.25. The van der Waals surface area contributed by atoms with Gasteiger partial charge in [-0.25, -0.2) is 4.68 Å². The molecule has 2 aliphatic rings. The molecule has 0 bridgehead atoms. The Morgan fingerprint density at radius 1 is 1.24 bits per heavy atom. The van der Waals surface area contributed by atoms with Gasteiger partial charge in [-0.15, -0.1) is 16.4 Å². The van der Waals surface area contributed by atoms with Crippen LogP contribution in [0.5, 0.6) is 0 Å². The van der Waals surface area contributed by atoms with Crippen molar-refractivity contribution in [2.45, 2.75) is 31.8 Å². The van der Waals surface area contributed by atoms with Crippen LogP contribution >= 0.6 is 11.3 Å². The summed E-state index contributed by atoms with van der Waals surface area (Å²) in [7, 11) is 0. The van der Waals surface area contributed by atoms with Gasteiger partial charge in [0.25, 0.3) is 0 Å². The average molecular weight is 304 g/mol. The second-order valence-electron chi connectivity index (χ2n) is 5.93. The summed E-state index contributed by atoms with van der Waals surface area (Å²) >= 11 is 1.73. The quantitative estimate of drug-likeness (QED) is 0.873. The van der Waals surface area contributed by atoms with Crippen LogP contribution in [0, 0.1) is 6.92 Å². The normalized spacial score (nSPS) is 26.7. The van der Waals surface area contributed by atoms with Crippen LogP contribution in [0.1, 0.15) is 24.4 Å². The van der Waals surface area contributed by atoms with Crippen molar-refractivity contribution in [2.75, 3.05) is 26.3 Å². The molecule has 4 rings (SSSR count). The largest absolute Gasteiger partial charge is 0.377 e. The molecule has 2 aliphatic heterocycles. The molecule has 0 aromatic carbocycles. The third-order valence-electron chi connectivity index (χ3n) is 4.58. The van der Waals surface area contributed by atoms with Gasteiger partial charge in [0, 0.05) is 0 Å². The Kier molecular flexibility index (Phi) is 3.52. The number of thiophene rings is 1. The fraction of sp³-hybridized carbons (Fsp3) is 0.600. The number of ether oxygens (including phenoxy) is 1. The minimum Gasteiger partial charge on any atom is -0.377 e. The van der Waals surface area contributed by atoms with Gasteiger partial charge in [0.1, 0.15) is 5.69 Å². The zero-order valence-corrected chi connectivity index (χ0v) is 13.1. The lowest BCUT2D eigenvalue weighted by Gasteiger charge is -2.27. The molecule has 0 radical (unpaired) electrons. The van der Waals surface area contributed by atoms with Crippen molar-refractivity contribution in [1.29, 1.82) is 0 Å². The summed E-state index contributed by atoms with van der Waals surface area (Å²) in [4.78, 5) is 3.77. The lowest BCUT2D eigenvalue weighted by atomic mass is 10.1. The minimum atomic E-state index is 0.296. The van der Waals surface area contributed by atoms with Gasteiger partial charge in [0.05, 0.1) is 36.4 Å². The Balaban J connectivity index is 1.58. The van der Waals surface area contributed by atoms with Crippen molar-refractivity contribution in [2.24, 2.45) is 0 Å². The van der Waals surface area contributed by atoms with Crippen LogP contribution in [0.4, 0.5) is 0 Å². The maximum Gasteiger partial charge on any atom is 0.123 e. The number of likely N-dealkylation sites (tertiary alicyclic amines) is 1. The van der Waals surface area contributed by atoms with E-state index in [9.17, 15) is 0 Å². The lowest BCUT2D eigenvalue weighted by molar-refractivity contribution is 0.158. The van der Waals surface area contributed by atoms with E-state index in [1.54, 1.807) is 11.3 Å². The van der Waals surface area contributed by atoms with Crippen molar-refractivity contribution in [3.63, 3.8) is 0 Å². The maximum absolute atomic E-state index is 5.73. The maximum atomic E-state index is 5.73. The van der Waals surface area contributed by atoms with Gasteiger partial charge < -0.3 is 4.74 Å². The number of hydrogen-bond acceptors (Lipinski definition) is 5. The van der Waals surface area contributed by atoms with Crippen LogP contribution in [0.2, 0.25) is 0 Å². The van der Waals surface area contributed by atoms with Crippen LogP contribution < -0.4 is 0 Å². The molecule has 2 saturated heterocycles. The second kappa shape index (κ2) is 5.51. The first kappa shape index (κ1) is 13.4. The molecule has 0 N–H and O–H groups in total. The van der Waals surface area contributed by atoms with E-state index in [0.717, 1.165) is 18.9 Å². The Morgan fingerprint density at radius 3 is 2.81 bits per heavy atom. The summed E-state index contributed by atoms with van der Waals surface area (Å²) in [6.07, 6.45) is 4.70. The summed E-state index contributed by atoms with van der Waals surface area (Å²) in [6.45, 7) is 6.06. The fourth-order valence-electron chi connectivity index (χ4n) is 3.38. The first-order valence-electron chi connectivity index (χ1n) is 7.61. The zero-order chi connectivity index (χ0) is 14.2. The second-order valence-corrected chi connectivity index (χ2v) is 6.85. The molecule has 2 atom stereocenters. The number of hydrogen-bond donors (Lipinski definition) is 0. The van der Waals surface area contributed by atoms with E-state index in [-0.39, 0.29) is 0 Å². The number of aryl methyl sites for hydroxylation is 1. The Hall–Kier alpha value is -1.24. The van der Waals surface area contributed by atoms with Crippen molar-refractivity contribution in [3.8, 4) is 10.6 Å². The van der Waals surface area contributed by atoms with Crippen molar-refractivity contribution in [1.82, 2.24) is 19.9 Å². The van der Waals surface area contributed by atoms with Crippen LogP contribution in [0.3, 0.4) is 0 Å². The zero-order valence-electron chi connectivity index (χ0n) is 12.2. The molecule has 5 nitrogen and oxygen atoms in total. The van der Waals surface area contributed by atoms with Gasteiger partial charge in [-0.1, -0.05) is 5.21 Å². The van der Waals surface area contributed by atoms with E-state index in [1.807, 2.05) is 4.68 Å². The van der Waals surface area contributed by atoms with Crippen molar-refractivity contribution < 1.29 is 4.74 Å². The Bertz CT molecular complexity index is 617. The molecular formula is C15H20N4OS. The third kappa shape index (κ3) is 2.41. The number of aromatic nitrogens is 3. The first-order chi connectivity index (χ1) is 10.3. The summed E-state index contributed by atoms with van der Waals surface area (Å²) in [5, 5.41) is 10.9. The SMILES string of the molecule is Cc1ccsc1-c1cn([C@H]2COC[C@@H]2N2CCCC2)nn1. The van der Waals surface area contributed by atoms with E-state index in [2.05, 4.69) is 39.8 Å². The molecule has 4 heterocycles. The molecule has 6 heteroatoms. The molecule has 0 saturated carbocycles. The molecule has 0 aliphatic carbocycles.